The van der Waals surface area contributed by atoms with Crippen LogP contribution >= 0.6 is 0 Å². The lowest BCUT2D eigenvalue weighted by atomic mass is 10.0. The first-order valence-corrected chi connectivity index (χ1v) is 6.89. The van der Waals surface area contributed by atoms with Crippen molar-refractivity contribution in [3.63, 3.8) is 0 Å². The standard InChI is InChI=1S/C13H23N3O3/c1-13(2,3)19-12(18)15-7-4-5-10(9-15)16-8-6-14-11(16)17/h10H,4-9H2,1-3H3,(H,14,17). The Balaban J connectivity index is 1.93. The van der Waals surface area contributed by atoms with Crippen molar-refractivity contribution in [2.45, 2.75) is 45.3 Å². The van der Waals surface area contributed by atoms with Gasteiger partial charge in [-0.1, -0.05) is 0 Å². The lowest BCUT2D eigenvalue weighted by Crippen LogP contribution is -2.51. The lowest BCUT2D eigenvalue weighted by Gasteiger charge is -2.37. The molecule has 0 saturated carbocycles. The summed E-state index contributed by atoms with van der Waals surface area (Å²) >= 11 is 0. The molecule has 2 saturated heterocycles. The van der Waals surface area contributed by atoms with Crippen molar-refractivity contribution < 1.29 is 14.3 Å². The summed E-state index contributed by atoms with van der Waals surface area (Å²) in [4.78, 5) is 27.2. The van der Waals surface area contributed by atoms with Gasteiger partial charge in [0.05, 0.1) is 6.04 Å². The van der Waals surface area contributed by atoms with E-state index in [0.29, 0.717) is 19.6 Å². The fourth-order valence-corrected chi connectivity index (χ4v) is 2.54. The highest BCUT2D eigenvalue weighted by molar-refractivity contribution is 5.76. The van der Waals surface area contributed by atoms with Gasteiger partial charge in [0.15, 0.2) is 0 Å². The molecule has 0 radical (unpaired) electrons. The molecule has 0 aromatic rings. The Morgan fingerprint density at radius 2 is 2.11 bits per heavy atom. The van der Waals surface area contributed by atoms with Crippen molar-refractivity contribution in [2.75, 3.05) is 26.2 Å². The Morgan fingerprint density at radius 1 is 1.37 bits per heavy atom. The quantitative estimate of drug-likeness (QED) is 0.783. The average Bonchev–Trinajstić information content (AvgIpc) is 2.73. The van der Waals surface area contributed by atoms with Crippen molar-refractivity contribution in [2.24, 2.45) is 0 Å². The predicted octanol–water partition coefficient (Wildman–Crippen LogP) is 1.41. The Labute approximate surface area is 114 Å². The van der Waals surface area contributed by atoms with Crippen LogP contribution in [-0.4, -0.2) is 59.7 Å². The Hall–Kier alpha value is -1.46. The summed E-state index contributed by atoms with van der Waals surface area (Å²) in [7, 11) is 0. The smallest absolute Gasteiger partial charge is 0.410 e. The molecule has 0 aromatic heterocycles. The van der Waals surface area contributed by atoms with E-state index in [-0.39, 0.29) is 18.2 Å². The molecular weight excluding hydrogens is 246 g/mol. The Morgan fingerprint density at radius 3 is 2.68 bits per heavy atom. The van der Waals surface area contributed by atoms with Gasteiger partial charge in [0, 0.05) is 26.2 Å². The van der Waals surface area contributed by atoms with Crippen LogP contribution in [0.4, 0.5) is 9.59 Å². The first-order valence-electron chi connectivity index (χ1n) is 6.89. The number of hydrogen-bond donors (Lipinski definition) is 1. The largest absolute Gasteiger partial charge is 0.444 e. The van der Waals surface area contributed by atoms with Gasteiger partial charge in [-0.3, -0.25) is 0 Å². The molecule has 6 heteroatoms. The molecule has 108 valence electrons. The number of hydrogen-bond acceptors (Lipinski definition) is 3. The molecule has 2 aliphatic rings. The van der Waals surface area contributed by atoms with E-state index < -0.39 is 5.60 Å². The molecule has 19 heavy (non-hydrogen) atoms. The van der Waals surface area contributed by atoms with Crippen LogP contribution in [-0.2, 0) is 4.74 Å². The number of ether oxygens (including phenoxy) is 1. The van der Waals surface area contributed by atoms with Gasteiger partial charge >= 0.3 is 12.1 Å². The van der Waals surface area contributed by atoms with E-state index in [2.05, 4.69) is 5.32 Å². The van der Waals surface area contributed by atoms with E-state index in [0.717, 1.165) is 19.4 Å². The number of likely N-dealkylation sites (tertiary alicyclic amines) is 1. The molecule has 1 unspecified atom stereocenters. The molecule has 2 rings (SSSR count). The van der Waals surface area contributed by atoms with Crippen molar-refractivity contribution in [1.82, 2.24) is 15.1 Å². The Bertz CT molecular complexity index is 365. The van der Waals surface area contributed by atoms with Crippen LogP contribution in [0.1, 0.15) is 33.6 Å². The number of nitrogens with zero attached hydrogens (tertiary/aromatic N) is 2. The number of carbonyl (C=O) groups is 2. The molecule has 1 N–H and O–H groups in total. The van der Waals surface area contributed by atoms with Gasteiger partial charge < -0.3 is 19.9 Å². The molecule has 2 heterocycles. The van der Waals surface area contributed by atoms with Crippen LogP contribution in [0.3, 0.4) is 0 Å². The molecule has 3 amide bonds. The topological polar surface area (TPSA) is 61.9 Å². The predicted molar refractivity (Wildman–Crippen MR) is 70.9 cm³/mol. The van der Waals surface area contributed by atoms with Gasteiger partial charge in [-0.25, -0.2) is 9.59 Å². The molecule has 2 fully saturated rings. The summed E-state index contributed by atoms with van der Waals surface area (Å²) in [6.07, 6.45) is 1.58. The highest BCUT2D eigenvalue weighted by Gasteiger charge is 2.34. The normalized spacial score (nSPS) is 24.4. The second kappa shape index (κ2) is 5.27. The van der Waals surface area contributed by atoms with Crippen LogP contribution in [0.2, 0.25) is 0 Å². The third-order valence-electron chi connectivity index (χ3n) is 3.38. The van der Waals surface area contributed by atoms with Crippen LogP contribution in [0.5, 0.6) is 0 Å². The number of amides is 3. The zero-order valence-corrected chi connectivity index (χ0v) is 11.9. The van der Waals surface area contributed by atoms with E-state index in [1.54, 1.807) is 4.90 Å². The van der Waals surface area contributed by atoms with Crippen LogP contribution in [0.15, 0.2) is 0 Å². The third-order valence-corrected chi connectivity index (χ3v) is 3.38. The van der Waals surface area contributed by atoms with Gasteiger partial charge in [-0.2, -0.15) is 0 Å². The first kappa shape index (κ1) is 14.0. The summed E-state index contributed by atoms with van der Waals surface area (Å²) in [6.45, 7) is 8.29. The highest BCUT2D eigenvalue weighted by atomic mass is 16.6. The van der Waals surface area contributed by atoms with Crippen molar-refractivity contribution in [1.29, 1.82) is 0 Å². The highest BCUT2D eigenvalue weighted by Crippen LogP contribution is 2.19. The van der Waals surface area contributed by atoms with Gasteiger partial charge in [0.25, 0.3) is 0 Å². The maximum Gasteiger partial charge on any atom is 0.410 e. The SMILES string of the molecule is CC(C)(C)OC(=O)N1CCCC(N2CCNC2=O)C1. The van der Waals surface area contributed by atoms with Gasteiger partial charge in [-0.15, -0.1) is 0 Å². The third kappa shape index (κ3) is 3.52. The van der Waals surface area contributed by atoms with Gasteiger partial charge in [0.2, 0.25) is 0 Å². The second-order valence-electron chi connectivity index (χ2n) is 6.15. The van der Waals surface area contributed by atoms with Crippen molar-refractivity contribution >= 4 is 12.1 Å². The molecule has 0 aliphatic carbocycles. The van der Waals surface area contributed by atoms with E-state index >= 15 is 0 Å². The average molecular weight is 269 g/mol. The van der Waals surface area contributed by atoms with Crippen molar-refractivity contribution in [3.8, 4) is 0 Å². The second-order valence-corrected chi connectivity index (χ2v) is 6.15. The minimum atomic E-state index is -0.477. The van der Waals surface area contributed by atoms with E-state index in [4.69, 9.17) is 4.74 Å². The zero-order chi connectivity index (χ0) is 14.0. The summed E-state index contributed by atoms with van der Waals surface area (Å²) in [5.74, 6) is 0. The van der Waals surface area contributed by atoms with Crippen LogP contribution < -0.4 is 5.32 Å². The Kier molecular flexibility index (Phi) is 3.87. The number of urea groups is 1. The first-order chi connectivity index (χ1) is 8.87. The number of rotatable bonds is 1. The molecular formula is C13H23N3O3. The van der Waals surface area contributed by atoms with E-state index in [1.165, 1.54) is 0 Å². The number of nitrogens with one attached hydrogen (secondary N) is 1. The summed E-state index contributed by atoms with van der Waals surface area (Å²) < 4.78 is 5.38. The molecule has 6 nitrogen and oxygen atoms in total. The summed E-state index contributed by atoms with van der Waals surface area (Å²) in [5, 5.41) is 2.80. The number of piperidine rings is 1. The molecule has 2 aliphatic heterocycles. The fourth-order valence-electron chi connectivity index (χ4n) is 2.54. The molecule has 0 aromatic carbocycles. The van der Waals surface area contributed by atoms with Crippen LogP contribution in [0, 0.1) is 0 Å². The maximum atomic E-state index is 12.0. The monoisotopic (exact) mass is 269 g/mol. The van der Waals surface area contributed by atoms with Crippen molar-refractivity contribution in [3.05, 3.63) is 0 Å². The number of carbonyl (C=O) groups excluding carboxylic acids is 2. The van der Waals surface area contributed by atoms with Gasteiger partial charge in [-0.05, 0) is 33.6 Å². The van der Waals surface area contributed by atoms with Gasteiger partial charge in [0.1, 0.15) is 5.60 Å². The van der Waals surface area contributed by atoms with E-state index in [1.807, 2.05) is 25.7 Å². The minimum Gasteiger partial charge on any atom is -0.444 e. The molecule has 1 atom stereocenters. The van der Waals surface area contributed by atoms with E-state index in [9.17, 15) is 9.59 Å². The summed E-state index contributed by atoms with van der Waals surface area (Å²) in [6, 6.07) is 0.0970. The lowest BCUT2D eigenvalue weighted by molar-refractivity contribution is 0.0143. The van der Waals surface area contributed by atoms with Crippen LogP contribution in [0.25, 0.3) is 0 Å². The fraction of sp³-hybridized carbons (Fsp3) is 0.846. The minimum absolute atomic E-state index is 0.0176. The zero-order valence-electron chi connectivity index (χ0n) is 11.9. The molecule has 0 spiro atoms. The maximum absolute atomic E-state index is 12.0. The summed E-state index contributed by atoms with van der Waals surface area (Å²) in [5.41, 5.74) is -0.477. The molecule has 0 bridgehead atoms.